The van der Waals surface area contributed by atoms with Crippen molar-refractivity contribution in [3.8, 4) is 5.75 Å². The summed E-state index contributed by atoms with van der Waals surface area (Å²) < 4.78 is 38.4. The summed E-state index contributed by atoms with van der Waals surface area (Å²) in [6.07, 6.45) is 2.82. The van der Waals surface area contributed by atoms with Gasteiger partial charge in [-0.15, -0.1) is 0 Å². The average molecular weight is 468 g/mol. The summed E-state index contributed by atoms with van der Waals surface area (Å²) >= 11 is 3.36. The zero-order valence-electron chi connectivity index (χ0n) is 15.3. The van der Waals surface area contributed by atoms with E-state index in [1.165, 1.54) is 28.6 Å². The predicted octanol–water partition coefficient (Wildman–Crippen LogP) is 3.86. The summed E-state index contributed by atoms with van der Waals surface area (Å²) in [5, 5.41) is 0. The highest BCUT2D eigenvalue weighted by Crippen LogP contribution is 2.21. The lowest BCUT2D eigenvalue weighted by molar-refractivity contribution is 0.0450. The number of sulfonamides is 1. The molecule has 0 aromatic heterocycles. The number of carbonyl (C=O) groups is 1. The van der Waals surface area contributed by atoms with E-state index in [1.54, 1.807) is 0 Å². The van der Waals surface area contributed by atoms with Crippen molar-refractivity contribution < 1.29 is 22.7 Å². The van der Waals surface area contributed by atoms with E-state index < -0.39 is 16.0 Å². The fourth-order valence-corrected chi connectivity index (χ4v) is 4.85. The summed E-state index contributed by atoms with van der Waals surface area (Å²) in [6.45, 7) is 1.41. The van der Waals surface area contributed by atoms with Crippen LogP contribution < -0.4 is 4.74 Å². The SMILES string of the molecule is O=C(OCCOc1cccc(Br)c1)c1ccc(S(=O)(=O)N2CCCCC2)cc1. The summed E-state index contributed by atoms with van der Waals surface area (Å²) in [6, 6.07) is 13.3. The van der Waals surface area contributed by atoms with Gasteiger partial charge in [0, 0.05) is 17.6 Å². The Hall–Kier alpha value is -1.90. The maximum absolute atomic E-state index is 12.6. The van der Waals surface area contributed by atoms with E-state index in [0.29, 0.717) is 24.4 Å². The van der Waals surface area contributed by atoms with Crippen LogP contribution in [0.4, 0.5) is 0 Å². The van der Waals surface area contributed by atoms with E-state index >= 15 is 0 Å². The lowest BCUT2D eigenvalue weighted by Gasteiger charge is -2.25. The first-order valence-electron chi connectivity index (χ1n) is 9.12. The molecule has 2 aromatic rings. The zero-order chi connectivity index (χ0) is 20.0. The number of benzene rings is 2. The Morgan fingerprint density at radius 1 is 1.00 bits per heavy atom. The molecule has 2 aromatic carbocycles. The summed E-state index contributed by atoms with van der Waals surface area (Å²) in [5.74, 6) is 0.164. The van der Waals surface area contributed by atoms with Gasteiger partial charge in [-0.25, -0.2) is 13.2 Å². The zero-order valence-corrected chi connectivity index (χ0v) is 17.7. The Labute approximate surface area is 173 Å². The van der Waals surface area contributed by atoms with Crippen molar-refractivity contribution in [1.29, 1.82) is 0 Å². The molecule has 28 heavy (non-hydrogen) atoms. The minimum atomic E-state index is -3.50. The minimum absolute atomic E-state index is 0.0964. The standard InChI is InChI=1S/C20H22BrNO5S/c21-17-5-4-6-18(15-17)26-13-14-27-20(23)16-7-9-19(10-8-16)28(24,25)22-11-2-1-3-12-22/h4-10,15H,1-3,11-14H2. The van der Waals surface area contributed by atoms with Crippen LogP contribution in [0.5, 0.6) is 5.75 Å². The second-order valence-corrected chi connectivity index (χ2v) is 9.28. The molecule has 6 nitrogen and oxygen atoms in total. The van der Waals surface area contributed by atoms with Gasteiger partial charge in [0.05, 0.1) is 10.5 Å². The van der Waals surface area contributed by atoms with Gasteiger partial charge in [-0.1, -0.05) is 28.4 Å². The van der Waals surface area contributed by atoms with Crippen LogP contribution in [0.1, 0.15) is 29.6 Å². The number of ether oxygens (including phenoxy) is 2. The number of hydrogen-bond donors (Lipinski definition) is 0. The Morgan fingerprint density at radius 2 is 1.71 bits per heavy atom. The molecule has 0 N–H and O–H groups in total. The normalized spacial score (nSPS) is 15.2. The molecule has 8 heteroatoms. The molecule has 1 aliphatic rings. The fourth-order valence-electron chi connectivity index (χ4n) is 2.95. The summed E-state index contributed by atoms with van der Waals surface area (Å²) in [4.78, 5) is 12.3. The Bertz CT molecular complexity index is 908. The number of nitrogens with zero attached hydrogens (tertiary/aromatic N) is 1. The van der Waals surface area contributed by atoms with Gasteiger partial charge in [0.25, 0.3) is 0 Å². The van der Waals surface area contributed by atoms with E-state index in [2.05, 4.69) is 15.9 Å². The predicted molar refractivity (Wildman–Crippen MR) is 109 cm³/mol. The van der Waals surface area contributed by atoms with Gasteiger partial charge in [0.2, 0.25) is 10.0 Å². The van der Waals surface area contributed by atoms with Gasteiger partial charge in [0.1, 0.15) is 19.0 Å². The van der Waals surface area contributed by atoms with Crippen LogP contribution in [0.2, 0.25) is 0 Å². The third-order valence-corrected chi connectivity index (χ3v) is 6.83. The monoisotopic (exact) mass is 467 g/mol. The number of piperidine rings is 1. The summed E-state index contributed by atoms with van der Waals surface area (Å²) in [5.41, 5.74) is 0.306. The highest BCUT2D eigenvalue weighted by atomic mass is 79.9. The number of carbonyl (C=O) groups excluding carboxylic acids is 1. The molecule has 1 saturated heterocycles. The molecule has 0 amide bonds. The highest BCUT2D eigenvalue weighted by Gasteiger charge is 2.26. The van der Waals surface area contributed by atoms with E-state index in [1.807, 2.05) is 24.3 Å². The molecule has 0 radical (unpaired) electrons. The molecule has 0 bridgehead atoms. The molecule has 0 atom stereocenters. The molecule has 0 unspecified atom stereocenters. The molecular weight excluding hydrogens is 446 g/mol. The quantitative estimate of drug-likeness (QED) is 0.456. The van der Waals surface area contributed by atoms with Crippen molar-refractivity contribution in [1.82, 2.24) is 4.31 Å². The largest absolute Gasteiger partial charge is 0.490 e. The van der Waals surface area contributed by atoms with Crippen molar-refractivity contribution in [3.05, 3.63) is 58.6 Å². The van der Waals surface area contributed by atoms with Crippen LogP contribution in [-0.4, -0.2) is 45.0 Å². The van der Waals surface area contributed by atoms with Crippen molar-refractivity contribution in [2.45, 2.75) is 24.2 Å². The number of hydrogen-bond acceptors (Lipinski definition) is 5. The van der Waals surface area contributed by atoms with Crippen LogP contribution in [0, 0.1) is 0 Å². The molecule has 0 spiro atoms. The van der Waals surface area contributed by atoms with Crippen LogP contribution in [-0.2, 0) is 14.8 Å². The van der Waals surface area contributed by atoms with Crippen molar-refractivity contribution in [2.75, 3.05) is 26.3 Å². The molecule has 1 fully saturated rings. The number of rotatable bonds is 7. The average Bonchev–Trinajstić information content (AvgIpc) is 2.72. The molecule has 0 aliphatic carbocycles. The van der Waals surface area contributed by atoms with Crippen LogP contribution >= 0.6 is 15.9 Å². The number of halogens is 1. The number of esters is 1. The summed E-state index contributed by atoms with van der Waals surface area (Å²) in [7, 11) is -3.50. The van der Waals surface area contributed by atoms with E-state index in [-0.39, 0.29) is 18.1 Å². The second-order valence-electron chi connectivity index (χ2n) is 6.43. The van der Waals surface area contributed by atoms with E-state index in [4.69, 9.17) is 9.47 Å². The van der Waals surface area contributed by atoms with Gasteiger partial charge < -0.3 is 9.47 Å². The van der Waals surface area contributed by atoms with Crippen LogP contribution in [0.15, 0.2) is 57.9 Å². The first-order chi connectivity index (χ1) is 13.5. The molecule has 1 aliphatic heterocycles. The van der Waals surface area contributed by atoms with Crippen LogP contribution in [0.25, 0.3) is 0 Å². The third-order valence-electron chi connectivity index (χ3n) is 4.42. The smallest absolute Gasteiger partial charge is 0.338 e. The van der Waals surface area contributed by atoms with Gasteiger partial charge in [-0.3, -0.25) is 0 Å². The highest BCUT2D eigenvalue weighted by molar-refractivity contribution is 9.10. The first kappa shape index (κ1) is 20.8. The van der Waals surface area contributed by atoms with Gasteiger partial charge in [-0.05, 0) is 55.3 Å². The molecule has 3 rings (SSSR count). The first-order valence-corrected chi connectivity index (χ1v) is 11.4. The lowest BCUT2D eigenvalue weighted by atomic mass is 10.2. The molecule has 0 saturated carbocycles. The van der Waals surface area contributed by atoms with E-state index in [0.717, 1.165) is 23.7 Å². The molecular formula is C20H22BrNO5S. The Kier molecular flexibility index (Phi) is 7.09. The lowest BCUT2D eigenvalue weighted by Crippen LogP contribution is -2.35. The van der Waals surface area contributed by atoms with Gasteiger partial charge in [-0.2, -0.15) is 4.31 Å². The second kappa shape index (κ2) is 9.54. The Morgan fingerprint density at radius 3 is 2.39 bits per heavy atom. The molecule has 1 heterocycles. The third kappa shape index (κ3) is 5.33. The Balaban J connectivity index is 1.52. The van der Waals surface area contributed by atoms with Crippen molar-refractivity contribution >= 4 is 31.9 Å². The maximum Gasteiger partial charge on any atom is 0.338 e. The fraction of sp³-hybridized carbons (Fsp3) is 0.350. The van der Waals surface area contributed by atoms with Crippen molar-refractivity contribution in [3.63, 3.8) is 0 Å². The van der Waals surface area contributed by atoms with Gasteiger partial charge in [0.15, 0.2) is 0 Å². The van der Waals surface area contributed by atoms with Crippen molar-refractivity contribution in [2.24, 2.45) is 0 Å². The maximum atomic E-state index is 12.6. The van der Waals surface area contributed by atoms with Gasteiger partial charge >= 0.3 is 5.97 Å². The molecule has 150 valence electrons. The minimum Gasteiger partial charge on any atom is -0.490 e. The van der Waals surface area contributed by atoms with Crippen LogP contribution in [0.3, 0.4) is 0 Å². The van der Waals surface area contributed by atoms with E-state index in [9.17, 15) is 13.2 Å². The topological polar surface area (TPSA) is 72.9 Å².